The number of nitrogens with zero attached hydrogens (tertiary/aromatic N) is 2. The molecule has 3 aromatic carbocycles. The number of fused-ring (bicyclic) bond motifs is 2. The summed E-state index contributed by atoms with van der Waals surface area (Å²) in [4.78, 5) is 33.2. The largest absolute Gasteiger partial charge is 0.487 e. The van der Waals surface area contributed by atoms with Crippen LogP contribution in [0.2, 0.25) is 0 Å². The lowest BCUT2D eigenvalue weighted by molar-refractivity contribution is -0.139. The molecule has 1 atom stereocenters. The summed E-state index contributed by atoms with van der Waals surface area (Å²) in [6, 6.07) is 21.8. The molecule has 1 aliphatic heterocycles. The van der Waals surface area contributed by atoms with Gasteiger partial charge in [-0.15, -0.1) is 11.3 Å². The van der Waals surface area contributed by atoms with E-state index in [1.165, 1.54) is 22.7 Å². The van der Waals surface area contributed by atoms with Gasteiger partial charge in [0, 0.05) is 14.0 Å². The van der Waals surface area contributed by atoms with Gasteiger partial charge in [0.2, 0.25) is 0 Å². The van der Waals surface area contributed by atoms with Crippen LogP contribution in [-0.2, 0) is 16.1 Å². The second-order valence-electron chi connectivity index (χ2n) is 9.55. The maximum absolute atomic E-state index is 14.0. The normalized spacial score (nSPS) is 15.0. The zero-order valence-corrected chi connectivity index (χ0v) is 28.5. The highest BCUT2D eigenvalue weighted by Gasteiger charge is 2.34. The highest BCUT2D eigenvalue weighted by Crippen LogP contribution is 2.34. The fourth-order valence-electron chi connectivity index (χ4n) is 5.06. The smallest absolute Gasteiger partial charge is 0.338 e. The van der Waals surface area contributed by atoms with Crippen LogP contribution in [0.4, 0.5) is 0 Å². The molecule has 0 N–H and O–H groups in total. The lowest BCUT2D eigenvalue weighted by Crippen LogP contribution is -2.39. The predicted molar refractivity (Wildman–Crippen MR) is 185 cm³/mol. The Bertz CT molecular complexity index is 2040. The summed E-state index contributed by atoms with van der Waals surface area (Å²) in [5.74, 6) is 0.260. The Labute approximate surface area is 277 Å². The standard InChI is InChI=1S/C32H24I2N2O4S2/c1-3-39-31(38)27-18(2)35-32-36(28(27)25-12-7-13-41-25)30(37)26(42-32)15-21-14-22(33)16-24(34)29(21)40-17-20-10-6-9-19-8-4-5-11-23(19)20/h4-16,28H,3,17H2,1-2H3/b26-15-/t28-/m0/s1. The Kier molecular flexibility index (Phi) is 8.66. The van der Waals surface area contributed by atoms with Crippen LogP contribution in [-0.4, -0.2) is 17.1 Å². The number of ether oxygens (including phenoxy) is 2. The number of esters is 1. The minimum Gasteiger partial charge on any atom is -0.487 e. The third-order valence-electron chi connectivity index (χ3n) is 6.91. The first-order valence-electron chi connectivity index (χ1n) is 13.2. The molecule has 0 aliphatic carbocycles. The number of allylic oxidation sites excluding steroid dienone is 1. The van der Waals surface area contributed by atoms with Crippen molar-refractivity contribution in [2.45, 2.75) is 26.5 Å². The molecule has 0 amide bonds. The van der Waals surface area contributed by atoms with Crippen LogP contribution in [0.5, 0.6) is 5.75 Å². The molecule has 1 aliphatic rings. The van der Waals surface area contributed by atoms with Gasteiger partial charge >= 0.3 is 5.97 Å². The van der Waals surface area contributed by atoms with Gasteiger partial charge in [0.15, 0.2) is 4.80 Å². The van der Waals surface area contributed by atoms with Gasteiger partial charge < -0.3 is 9.47 Å². The maximum Gasteiger partial charge on any atom is 0.338 e. The Morgan fingerprint density at radius 3 is 2.69 bits per heavy atom. The molecule has 0 fully saturated rings. The number of thiophene rings is 1. The first-order chi connectivity index (χ1) is 20.4. The lowest BCUT2D eigenvalue weighted by atomic mass is 10.0. The first kappa shape index (κ1) is 29.3. The molecular weight excluding hydrogens is 794 g/mol. The lowest BCUT2D eigenvalue weighted by Gasteiger charge is -2.23. The number of halogens is 2. The molecule has 0 bridgehead atoms. The van der Waals surface area contributed by atoms with Crippen LogP contribution in [0.3, 0.4) is 0 Å². The van der Waals surface area contributed by atoms with E-state index in [4.69, 9.17) is 9.47 Å². The van der Waals surface area contributed by atoms with Gasteiger partial charge in [-0.1, -0.05) is 59.9 Å². The summed E-state index contributed by atoms with van der Waals surface area (Å²) in [5, 5.41) is 4.25. The van der Waals surface area contributed by atoms with Crippen LogP contribution in [0, 0.1) is 7.14 Å². The Balaban J connectivity index is 1.45. The van der Waals surface area contributed by atoms with Crippen molar-refractivity contribution < 1.29 is 14.3 Å². The minimum absolute atomic E-state index is 0.208. The van der Waals surface area contributed by atoms with Crippen molar-refractivity contribution in [2.24, 2.45) is 4.99 Å². The Morgan fingerprint density at radius 2 is 1.90 bits per heavy atom. The zero-order valence-electron chi connectivity index (χ0n) is 22.6. The molecule has 212 valence electrons. The van der Waals surface area contributed by atoms with Gasteiger partial charge in [-0.05, 0) is 105 Å². The van der Waals surface area contributed by atoms with E-state index >= 15 is 0 Å². The third-order valence-corrected chi connectivity index (χ3v) is 10.2. The topological polar surface area (TPSA) is 69.9 Å². The average Bonchev–Trinajstić information content (AvgIpc) is 3.60. The number of hydrogen-bond donors (Lipinski definition) is 0. The van der Waals surface area contributed by atoms with Crippen molar-refractivity contribution in [2.75, 3.05) is 6.61 Å². The van der Waals surface area contributed by atoms with Crippen molar-refractivity contribution >= 4 is 90.7 Å². The fraction of sp³-hybridized carbons (Fsp3) is 0.156. The molecule has 2 aromatic heterocycles. The molecule has 0 unspecified atom stereocenters. The zero-order chi connectivity index (χ0) is 29.4. The molecular formula is C32H24I2N2O4S2. The summed E-state index contributed by atoms with van der Waals surface area (Å²) in [7, 11) is 0. The van der Waals surface area contributed by atoms with E-state index in [1.54, 1.807) is 18.4 Å². The van der Waals surface area contributed by atoms with E-state index < -0.39 is 12.0 Å². The number of aromatic nitrogens is 1. The Morgan fingerprint density at radius 1 is 1.10 bits per heavy atom. The van der Waals surface area contributed by atoms with Gasteiger partial charge in [-0.25, -0.2) is 9.79 Å². The van der Waals surface area contributed by atoms with Crippen LogP contribution < -0.4 is 19.6 Å². The Hall–Kier alpha value is -2.81. The van der Waals surface area contributed by atoms with Crippen molar-refractivity contribution in [3.63, 3.8) is 0 Å². The van der Waals surface area contributed by atoms with E-state index in [-0.39, 0.29) is 12.2 Å². The van der Waals surface area contributed by atoms with Crippen molar-refractivity contribution in [1.82, 2.24) is 4.57 Å². The molecule has 0 saturated heterocycles. The third kappa shape index (κ3) is 5.61. The van der Waals surface area contributed by atoms with E-state index in [0.717, 1.165) is 33.9 Å². The monoisotopic (exact) mass is 818 g/mol. The van der Waals surface area contributed by atoms with Crippen molar-refractivity contribution in [3.8, 4) is 5.75 Å². The summed E-state index contributed by atoms with van der Waals surface area (Å²) < 4.78 is 16.0. The quantitative estimate of drug-likeness (QED) is 0.134. The van der Waals surface area contributed by atoms with E-state index in [0.29, 0.717) is 33.0 Å². The molecule has 10 heteroatoms. The van der Waals surface area contributed by atoms with Crippen LogP contribution >= 0.6 is 67.9 Å². The number of hydrogen-bond acceptors (Lipinski definition) is 7. The summed E-state index contributed by atoms with van der Waals surface area (Å²) in [5.41, 5.74) is 2.64. The van der Waals surface area contributed by atoms with Gasteiger partial charge in [0.1, 0.15) is 18.4 Å². The summed E-state index contributed by atoms with van der Waals surface area (Å²) >= 11 is 7.38. The van der Waals surface area contributed by atoms with Crippen molar-refractivity contribution in [1.29, 1.82) is 0 Å². The van der Waals surface area contributed by atoms with Crippen LogP contribution in [0.1, 0.15) is 35.9 Å². The van der Waals surface area contributed by atoms with E-state index in [1.807, 2.05) is 47.9 Å². The van der Waals surface area contributed by atoms with Gasteiger partial charge in [0.05, 0.1) is 26.0 Å². The van der Waals surface area contributed by atoms with E-state index in [9.17, 15) is 9.59 Å². The highest BCUT2D eigenvalue weighted by atomic mass is 127. The SMILES string of the molecule is CCOC(=O)C1=C(C)N=c2s/c(=C\c3cc(I)cc(I)c3OCc3cccc4ccccc34)c(=O)n2[C@H]1c1cccs1. The van der Waals surface area contributed by atoms with Gasteiger partial charge in [0.25, 0.3) is 5.56 Å². The molecule has 6 rings (SSSR count). The number of thiazole rings is 1. The maximum atomic E-state index is 14.0. The van der Waals surface area contributed by atoms with Gasteiger partial charge in [-0.2, -0.15) is 0 Å². The molecule has 0 radical (unpaired) electrons. The van der Waals surface area contributed by atoms with E-state index in [2.05, 4.69) is 80.5 Å². The van der Waals surface area contributed by atoms with Gasteiger partial charge in [-0.3, -0.25) is 9.36 Å². The minimum atomic E-state index is -0.597. The molecule has 0 spiro atoms. The second kappa shape index (κ2) is 12.4. The first-order valence-corrected chi connectivity index (χ1v) is 17.0. The predicted octanol–water partition coefficient (Wildman–Crippen LogP) is 6.80. The highest BCUT2D eigenvalue weighted by molar-refractivity contribution is 14.1. The number of carbonyl (C=O) groups excluding carboxylic acids is 1. The van der Waals surface area contributed by atoms with Crippen LogP contribution in [0.25, 0.3) is 16.8 Å². The number of benzene rings is 3. The molecule has 5 aromatic rings. The number of carbonyl (C=O) groups is 1. The average molecular weight is 818 g/mol. The summed E-state index contributed by atoms with van der Waals surface area (Å²) in [6.45, 7) is 4.20. The molecule has 42 heavy (non-hydrogen) atoms. The summed E-state index contributed by atoms with van der Waals surface area (Å²) in [6.07, 6.45) is 1.88. The number of rotatable bonds is 7. The van der Waals surface area contributed by atoms with Crippen LogP contribution in [0.15, 0.2) is 93.2 Å². The second-order valence-corrected chi connectivity index (χ2v) is 13.9. The molecule has 0 saturated carbocycles. The van der Waals surface area contributed by atoms with Crippen molar-refractivity contribution in [3.05, 3.63) is 126 Å². The fourth-order valence-corrected chi connectivity index (χ4v) is 8.96. The molecule has 6 nitrogen and oxygen atoms in total. The molecule has 3 heterocycles.